The lowest BCUT2D eigenvalue weighted by molar-refractivity contribution is 0.0723. The highest BCUT2D eigenvalue weighted by Gasteiger charge is 2.42. The van der Waals surface area contributed by atoms with Crippen LogP contribution >= 0.6 is 0 Å². The van der Waals surface area contributed by atoms with Gasteiger partial charge < -0.3 is 24.2 Å². The fourth-order valence-corrected chi connectivity index (χ4v) is 4.73. The number of hydrogen-bond acceptors (Lipinski definition) is 6. The number of carbonyl (C=O) groups excluding carboxylic acids is 1. The Labute approximate surface area is 199 Å². The Balaban J connectivity index is 1.88. The maximum Gasteiger partial charge on any atom is 0.273 e. The van der Waals surface area contributed by atoms with Gasteiger partial charge in [-0.3, -0.25) is 9.89 Å². The van der Waals surface area contributed by atoms with Gasteiger partial charge in [-0.1, -0.05) is 12.1 Å². The lowest BCUT2D eigenvalue weighted by Gasteiger charge is -2.27. The van der Waals surface area contributed by atoms with Crippen molar-refractivity contribution in [2.24, 2.45) is 0 Å². The molecule has 2 aromatic carbocycles. The topological polar surface area (TPSA) is 96.9 Å². The molecule has 3 aromatic rings. The maximum absolute atomic E-state index is 13.5. The van der Waals surface area contributed by atoms with Gasteiger partial charge >= 0.3 is 0 Å². The molecule has 0 saturated heterocycles. The molecule has 4 rings (SSSR count). The highest BCUT2D eigenvalue weighted by atomic mass is 16.5. The third-order valence-corrected chi connectivity index (χ3v) is 6.11. The van der Waals surface area contributed by atoms with E-state index in [9.17, 15) is 9.90 Å². The average molecular weight is 466 g/mol. The lowest BCUT2D eigenvalue weighted by Crippen LogP contribution is -2.31. The van der Waals surface area contributed by atoms with Gasteiger partial charge in [0.1, 0.15) is 17.1 Å². The second-order valence-electron chi connectivity index (χ2n) is 8.43. The molecule has 1 aliphatic heterocycles. The summed E-state index contributed by atoms with van der Waals surface area (Å²) in [5.74, 6) is 1.24. The number of benzene rings is 2. The van der Waals surface area contributed by atoms with E-state index in [4.69, 9.17) is 14.2 Å². The van der Waals surface area contributed by atoms with E-state index in [1.54, 1.807) is 20.3 Å². The predicted octanol–water partition coefficient (Wildman–Crippen LogP) is 4.39. The highest BCUT2D eigenvalue weighted by molar-refractivity contribution is 6.00. The largest absolute Gasteiger partial charge is 0.507 e. The number of phenols is 1. The van der Waals surface area contributed by atoms with E-state index in [0.29, 0.717) is 54.6 Å². The summed E-state index contributed by atoms with van der Waals surface area (Å²) < 4.78 is 16.5. The van der Waals surface area contributed by atoms with Gasteiger partial charge in [0, 0.05) is 31.4 Å². The van der Waals surface area contributed by atoms with Crippen molar-refractivity contribution in [1.82, 2.24) is 15.1 Å². The van der Waals surface area contributed by atoms with Gasteiger partial charge in [-0.15, -0.1) is 0 Å². The minimum atomic E-state index is -0.405. The third kappa shape index (κ3) is 4.09. The number of H-pyrrole nitrogens is 1. The van der Waals surface area contributed by atoms with Crippen molar-refractivity contribution < 1.29 is 24.1 Å². The van der Waals surface area contributed by atoms with Gasteiger partial charge in [0.15, 0.2) is 11.5 Å². The first-order valence-corrected chi connectivity index (χ1v) is 11.4. The van der Waals surface area contributed by atoms with Crippen molar-refractivity contribution in [3.63, 3.8) is 0 Å². The van der Waals surface area contributed by atoms with Crippen LogP contribution in [0.3, 0.4) is 0 Å². The van der Waals surface area contributed by atoms with Gasteiger partial charge in [-0.2, -0.15) is 5.10 Å². The Morgan fingerprint density at radius 3 is 2.62 bits per heavy atom. The Bertz CT molecular complexity index is 1180. The second kappa shape index (κ2) is 9.77. The molecule has 1 aromatic heterocycles. The first-order chi connectivity index (χ1) is 16.4. The van der Waals surface area contributed by atoms with E-state index in [1.165, 1.54) is 0 Å². The van der Waals surface area contributed by atoms with E-state index in [1.807, 2.05) is 49.9 Å². The van der Waals surface area contributed by atoms with Gasteiger partial charge in [0.25, 0.3) is 5.91 Å². The van der Waals surface area contributed by atoms with Crippen molar-refractivity contribution >= 4 is 5.91 Å². The van der Waals surface area contributed by atoms with E-state index in [2.05, 4.69) is 10.2 Å². The number of aromatic amines is 1. The van der Waals surface area contributed by atoms with Crippen LogP contribution in [0, 0.1) is 13.8 Å². The van der Waals surface area contributed by atoms with Crippen molar-refractivity contribution in [3.8, 4) is 28.5 Å². The summed E-state index contributed by atoms with van der Waals surface area (Å²) in [7, 11) is 3.24. The second-order valence-corrected chi connectivity index (χ2v) is 8.43. The van der Waals surface area contributed by atoms with Crippen LogP contribution in [0.25, 0.3) is 11.3 Å². The summed E-state index contributed by atoms with van der Waals surface area (Å²) in [6, 6.07) is 9.02. The lowest BCUT2D eigenvalue weighted by atomic mass is 9.93. The zero-order valence-corrected chi connectivity index (χ0v) is 20.3. The van der Waals surface area contributed by atoms with Crippen molar-refractivity contribution in [2.45, 2.75) is 33.2 Å². The average Bonchev–Trinajstić information content (AvgIpc) is 3.33. The molecule has 0 spiro atoms. The molecule has 0 radical (unpaired) electrons. The minimum Gasteiger partial charge on any atom is -0.507 e. The van der Waals surface area contributed by atoms with Crippen LogP contribution in [0.1, 0.15) is 52.1 Å². The normalized spacial score (nSPS) is 15.0. The number of aryl methyl sites for hydroxylation is 2. The summed E-state index contributed by atoms with van der Waals surface area (Å²) in [6.45, 7) is 7.35. The Morgan fingerprint density at radius 2 is 1.94 bits per heavy atom. The first kappa shape index (κ1) is 23.6. The number of aromatic hydroxyl groups is 1. The summed E-state index contributed by atoms with van der Waals surface area (Å²) in [5.41, 5.74) is 5.09. The maximum atomic E-state index is 13.5. The molecule has 0 saturated carbocycles. The van der Waals surface area contributed by atoms with Gasteiger partial charge in [0.05, 0.1) is 19.8 Å². The molecular formula is C26H31N3O5. The zero-order valence-electron chi connectivity index (χ0n) is 20.3. The first-order valence-electron chi connectivity index (χ1n) is 11.4. The van der Waals surface area contributed by atoms with Crippen LogP contribution in [0.15, 0.2) is 30.3 Å². The molecule has 8 heteroatoms. The molecule has 0 bridgehead atoms. The molecule has 1 unspecified atom stereocenters. The number of nitrogens with zero attached hydrogens (tertiary/aromatic N) is 2. The molecule has 2 heterocycles. The smallest absolute Gasteiger partial charge is 0.273 e. The molecule has 1 atom stereocenters. The number of rotatable bonds is 9. The zero-order chi connectivity index (χ0) is 24.4. The van der Waals surface area contributed by atoms with Crippen LogP contribution in [-0.4, -0.2) is 60.1 Å². The number of hydrogen-bond donors (Lipinski definition) is 2. The van der Waals surface area contributed by atoms with E-state index in [-0.39, 0.29) is 11.7 Å². The van der Waals surface area contributed by atoms with Crippen LogP contribution in [0.5, 0.6) is 17.2 Å². The Kier molecular flexibility index (Phi) is 6.79. The van der Waals surface area contributed by atoms with Gasteiger partial charge in [0.2, 0.25) is 0 Å². The quantitative estimate of drug-likeness (QED) is 0.455. The number of amides is 1. The fourth-order valence-electron chi connectivity index (χ4n) is 4.73. The SMILES string of the molecule is CCOc1ccc(C2c3c(-c4c(C)cc(C)cc4O)n[nH]c3C(=O)N2CCCOC)cc1OC. The third-order valence-electron chi connectivity index (χ3n) is 6.11. The number of methoxy groups -OCH3 is 2. The monoisotopic (exact) mass is 465 g/mol. The molecule has 0 fully saturated rings. The molecule has 1 aliphatic rings. The molecule has 1 amide bonds. The van der Waals surface area contributed by atoms with Crippen molar-refractivity contribution in [1.29, 1.82) is 0 Å². The van der Waals surface area contributed by atoms with Gasteiger partial charge in [-0.05, 0) is 62.1 Å². The highest BCUT2D eigenvalue weighted by Crippen LogP contribution is 2.46. The van der Waals surface area contributed by atoms with Crippen LogP contribution in [-0.2, 0) is 4.74 Å². The molecular weight excluding hydrogens is 434 g/mol. The summed E-state index contributed by atoms with van der Waals surface area (Å²) in [5, 5.41) is 18.2. The summed E-state index contributed by atoms with van der Waals surface area (Å²) in [4.78, 5) is 15.3. The Hall–Kier alpha value is -3.52. The standard InChI is InChI=1S/C26H31N3O5/c1-6-34-19-9-8-17(14-20(19)33-5)25-22-23(21-16(3)12-15(2)13-18(21)30)27-28-24(22)26(31)29(25)10-7-11-32-4/h8-9,12-14,25,30H,6-7,10-11H2,1-5H3,(H,27,28). The van der Waals surface area contributed by atoms with E-state index in [0.717, 1.165) is 22.3 Å². The molecule has 0 aliphatic carbocycles. The Morgan fingerprint density at radius 1 is 1.15 bits per heavy atom. The minimum absolute atomic E-state index is 0.132. The van der Waals surface area contributed by atoms with E-state index < -0.39 is 6.04 Å². The molecule has 180 valence electrons. The van der Waals surface area contributed by atoms with Crippen LogP contribution < -0.4 is 9.47 Å². The summed E-state index contributed by atoms with van der Waals surface area (Å²) in [6.07, 6.45) is 0.689. The molecule has 34 heavy (non-hydrogen) atoms. The number of phenolic OH excluding ortho intramolecular Hbond substituents is 1. The van der Waals surface area contributed by atoms with Crippen LogP contribution in [0.4, 0.5) is 0 Å². The van der Waals surface area contributed by atoms with E-state index >= 15 is 0 Å². The van der Waals surface area contributed by atoms with Crippen LogP contribution in [0.2, 0.25) is 0 Å². The molecule has 8 nitrogen and oxygen atoms in total. The molecule has 2 N–H and O–H groups in total. The van der Waals surface area contributed by atoms with Crippen molar-refractivity contribution in [3.05, 3.63) is 58.3 Å². The predicted molar refractivity (Wildman–Crippen MR) is 129 cm³/mol. The number of fused-ring (bicyclic) bond motifs is 1. The fraction of sp³-hybridized carbons (Fsp3) is 0.385. The number of carbonyl (C=O) groups is 1. The number of aromatic nitrogens is 2. The number of ether oxygens (including phenoxy) is 3. The number of nitrogens with one attached hydrogen (secondary N) is 1. The summed E-state index contributed by atoms with van der Waals surface area (Å²) >= 11 is 0. The van der Waals surface area contributed by atoms with Gasteiger partial charge in [-0.25, -0.2) is 0 Å². The van der Waals surface area contributed by atoms with Crippen molar-refractivity contribution in [2.75, 3.05) is 34.0 Å².